The predicted molar refractivity (Wildman–Crippen MR) is 123 cm³/mol. The molecule has 0 unspecified atom stereocenters. The molecule has 0 fully saturated rings. The minimum absolute atomic E-state index is 0.0524. The Morgan fingerprint density at radius 3 is 1.52 bits per heavy atom. The van der Waals surface area contributed by atoms with E-state index in [1.165, 1.54) is 0 Å². The van der Waals surface area contributed by atoms with Crippen LogP contribution in [0.4, 0.5) is 0 Å². The SMILES string of the molecule is CC(=O)Oc1c(I)c(C(=O)OC[C@H](O)CO)c(I)c(C(=O)OC[C@H](O)CO)c1I. The largest absolute Gasteiger partial charge is 0.459 e. The molecule has 0 saturated carbocycles. The van der Waals surface area contributed by atoms with Gasteiger partial charge in [-0.15, -0.1) is 0 Å². The Bertz CT molecular complexity index is 730. The average molecular weight is 750 g/mol. The molecule has 2 atom stereocenters. The lowest BCUT2D eigenvalue weighted by atomic mass is 10.1. The molecule has 0 amide bonds. The molecular formula is C16H17I3O10. The summed E-state index contributed by atoms with van der Waals surface area (Å²) >= 11 is 5.25. The summed E-state index contributed by atoms with van der Waals surface area (Å²) in [6.45, 7) is -1.05. The van der Waals surface area contributed by atoms with Crippen molar-refractivity contribution in [1.82, 2.24) is 0 Å². The van der Waals surface area contributed by atoms with Crippen LogP contribution in [0.3, 0.4) is 0 Å². The van der Waals surface area contributed by atoms with Gasteiger partial charge >= 0.3 is 17.9 Å². The Morgan fingerprint density at radius 1 is 0.828 bits per heavy atom. The van der Waals surface area contributed by atoms with Crippen molar-refractivity contribution in [2.45, 2.75) is 19.1 Å². The van der Waals surface area contributed by atoms with Gasteiger partial charge in [-0.2, -0.15) is 0 Å². The van der Waals surface area contributed by atoms with Crippen LogP contribution in [0.5, 0.6) is 5.75 Å². The van der Waals surface area contributed by atoms with E-state index in [9.17, 15) is 24.6 Å². The van der Waals surface area contributed by atoms with Crippen molar-refractivity contribution in [3.8, 4) is 5.75 Å². The van der Waals surface area contributed by atoms with E-state index in [0.29, 0.717) is 0 Å². The number of benzene rings is 1. The van der Waals surface area contributed by atoms with E-state index in [0.717, 1.165) is 6.92 Å². The van der Waals surface area contributed by atoms with Crippen LogP contribution < -0.4 is 4.74 Å². The fourth-order valence-corrected chi connectivity index (χ4v) is 6.09. The van der Waals surface area contributed by atoms with Gasteiger partial charge in [0.2, 0.25) is 0 Å². The maximum absolute atomic E-state index is 12.6. The van der Waals surface area contributed by atoms with Crippen molar-refractivity contribution in [2.24, 2.45) is 0 Å². The van der Waals surface area contributed by atoms with Gasteiger partial charge in [-0.3, -0.25) is 4.79 Å². The minimum Gasteiger partial charge on any atom is -0.459 e. The van der Waals surface area contributed by atoms with E-state index in [2.05, 4.69) is 0 Å². The molecule has 0 aromatic heterocycles. The highest BCUT2D eigenvalue weighted by molar-refractivity contribution is 14.1. The van der Waals surface area contributed by atoms with Crippen LogP contribution in [-0.4, -0.2) is 77.0 Å². The topological polar surface area (TPSA) is 160 Å². The van der Waals surface area contributed by atoms with Crippen molar-refractivity contribution in [3.05, 3.63) is 21.8 Å². The molecule has 0 aliphatic rings. The Balaban J connectivity index is 3.45. The van der Waals surface area contributed by atoms with Crippen molar-refractivity contribution >= 4 is 85.7 Å². The zero-order chi connectivity index (χ0) is 22.3. The summed E-state index contributed by atoms with van der Waals surface area (Å²) in [5.41, 5.74) is -0.190. The predicted octanol–water partition coefficient (Wildman–Crippen LogP) is 0.446. The summed E-state index contributed by atoms with van der Waals surface area (Å²) in [7, 11) is 0. The van der Waals surface area contributed by atoms with Gasteiger partial charge in [-0.25, -0.2) is 9.59 Å². The second-order valence-electron chi connectivity index (χ2n) is 5.48. The lowest BCUT2D eigenvalue weighted by Gasteiger charge is -2.18. The van der Waals surface area contributed by atoms with Crippen LogP contribution >= 0.6 is 67.8 Å². The molecule has 10 nitrogen and oxygen atoms in total. The van der Waals surface area contributed by atoms with Crippen LogP contribution in [-0.2, 0) is 14.3 Å². The van der Waals surface area contributed by atoms with E-state index in [4.69, 9.17) is 24.4 Å². The summed E-state index contributed by atoms with van der Waals surface area (Å²) in [5.74, 6) is -2.57. The monoisotopic (exact) mass is 750 g/mol. The van der Waals surface area contributed by atoms with Gasteiger partial charge in [0.15, 0.2) is 5.75 Å². The van der Waals surface area contributed by atoms with Crippen LogP contribution in [0.15, 0.2) is 0 Å². The van der Waals surface area contributed by atoms with Gasteiger partial charge in [0, 0.05) is 10.5 Å². The minimum atomic E-state index is -1.28. The number of carbonyl (C=O) groups excluding carboxylic acids is 3. The number of halogens is 3. The quantitative estimate of drug-likeness (QED) is 0.159. The van der Waals surface area contributed by atoms with Gasteiger partial charge in [0.05, 0.1) is 31.5 Å². The Labute approximate surface area is 206 Å². The molecule has 0 radical (unpaired) electrons. The molecule has 1 rings (SSSR count). The van der Waals surface area contributed by atoms with E-state index in [-0.39, 0.29) is 27.6 Å². The Morgan fingerprint density at radius 2 is 1.21 bits per heavy atom. The fourth-order valence-electron chi connectivity index (χ4n) is 1.83. The maximum Gasteiger partial charge on any atom is 0.340 e. The fraction of sp³-hybridized carbons (Fsp3) is 0.438. The second kappa shape index (κ2) is 12.5. The number of esters is 3. The first-order valence-electron chi connectivity index (χ1n) is 7.86. The second-order valence-corrected chi connectivity index (χ2v) is 8.72. The molecule has 4 N–H and O–H groups in total. The van der Waals surface area contributed by atoms with Crippen LogP contribution in [0.2, 0.25) is 0 Å². The summed E-state index contributed by atoms with van der Waals surface area (Å²) in [6, 6.07) is 0. The summed E-state index contributed by atoms with van der Waals surface area (Å²) in [5, 5.41) is 36.4. The van der Waals surface area contributed by atoms with Crippen molar-refractivity contribution in [1.29, 1.82) is 0 Å². The molecule has 0 aliphatic heterocycles. The number of carbonyl (C=O) groups is 3. The molecule has 29 heavy (non-hydrogen) atoms. The van der Waals surface area contributed by atoms with E-state index in [1.54, 1.807) is 67.8 Å². The molecule has 13 heteroatoms. The van der Waals surface area contributed by atoms with E-state index >= 15 is 0 Å². The number of aliphatic hydroxyl groups excluding tert-OH is 4. The zero-order valence-corrected chi connectivity index (χ0v) is 21.3. The molecular weight excluding hydrogens is 733 g/mol. The third-order valence-electron chi connectivity index (χ3n) is 3.17. The normalized spacial score (nSPS) is 12.8. The van der Waals surface area contributed by atoms with Crippen LogP contribution in [0.25, 0.3) is 0 Å². The first-order valence-corrected chi connectivity index (χ1v) is 11.1. The van der Waals surface area contributed by atoms with Gasteiger partial charge in [-0.1, -0.05) is 0 Å². The number of aliphatic hydroxyl groups is 4. The molecule has 0 aliphatic carbocycles. The molecule has 0 bridgehead atoms. The van der Waals surface area contributed by atoms with Crippen LogP contribution in [0, 0.1) is 10.7 Å². The molecule has 0 saturated heterocycles. The van der Waals surface area contributed by atoms with Gasteiger partial charge in [-0.05, 0) is 67.8 Å². The molecule has 162 valence electrons. The lowest BCUT2D eigenvalue weighted by molar-refractivity contribution is -0.132. The molecule has 1 aromatic carbocycles. The highest BCUT2D eigenvalue weighted by Crippen LogP contribution is 2.38. The lowest BCUT2D eigenvalue weighted by Crippen LogP contribution is -2.25. The van der Waals surface area contributed by atoms with Crippen molar-refractivity contribution < 1.29 is 49.0 Å². The smallest absolute Gasteiger partial charge is 0.340 e. The summed E-state index contributed by atoms with van der Waals surface area (Å²) < 4.78 is 15.6. The Hall–Kier alpha value is -0.340. The van der Waals surface area contributed by atoms with Crippen LogP contribution in [0.1, 0.15) is 27.6 Å². The summed E-state index contributed by atoms with van der Waals surface area (Å²) in [4.78, 5) is 36.6. The average Bonchev–Trinajstić information content (AvgIpc) is 2.67. The first kappa shape index (κ1) is 26.7. The number of ether oxygens (including phenoxy) is 3. The van der Waals surface area contributed by atoms with E-state index < -0.39 is 56.5 Å². The highest BCUT2D eigenvalue weighted by Gasteiger charge is 2.31. The number of rotatable bonds is 9. The molecule has 0 heterocycles. The van der Waals surface area contributed by atoms with E-state index in [1.807, 2.05) is 0 Å². The summed E-state index contributed by atoms with van der Waals surface area (Å²) in [6.07, 6.45) is -2.56. The zero-order valence-electron chi connectivity index (χ0n) is 14.9. The van der Waals surface area contributed by atoms with Crippen molar-refractivity contribution in [2.75, 3.05) is 26.4 Å². The third kappa shape index (κ3) is 7.39. The molecule has 0 spiro atoms. The number of hydrogen-bond acceptors (Lipinski definition) is 10. The standard InChI is InChI=1S/C16H17I3O10/c1-6(22)29-14-12(18)9(15(25)27-4-7(23)2-20)11(17)10(13(14)19)16(26)28-5-8(24)3-21/h7-8,20-21,23-24H,2-5H2,1H3/t7-,8-/m1/s1. The maximum atomic E-state index is 12.6. The number of hydrogen-bond donors (Lipinski definition) is 4. The highest BCUT2D eigenvalue weighted by atomic mass is 127. The first-order chi connectivity index (χ1) is 13.5. The van der Waals surface area contributed by atoms with Gasteiger partial charge < -0.3 is 34.6 Å². The molecule has 1 aromatic rings. The van der Waals surface area contributed by atoms with Gasteiger partial charge in [0.25, 0.3) is 0 Å². The third-order valence-corrected chi connectivity index (χ3v) is 6.30. The van der Waals surface area contributed by atoms with Crippen molar-refractivity contribution in [3.63, 3.8) is 0 Å². The Kier molecular flexibility index (Phi) is 11.5. The van der Waals surface area contributed by atoms with Gasteiger partial charge in [0.1, 0.15) is 25.4 Å².